The Bertz CT molecular complexity index is 518. The maximum absolute atomic E-state index is 12.3. The van der Waals surface area contributed by atoms with Gasteiger partial charge in [0.15, 0.2) is 0 Å². The minimum Gasteiger partial charge on any atom is -0.358 e. The van der Waals surface area contributed by atoms with Crippen molar-refractivity contribution in [2.75, 3.05) is 27.2 Å². The molecule has 1 N–H and O–H groups in total. The van der Waals surface area contributed by atoms with E-state index in [0.29, 0.717) is 18.2 Å². The zero-order chi connectivity index (χ0) is 14.3. The van der Waals surface area contributed by atoms with E-state index in [1.165, 1.54) is 11.3 Å². The molecule has 0 bridgehead atoms. The van der Waals surface area contributed by atoms with E-state index < -0.39 is 0 Å². The maximum atomic E-state index is 12.3. The van der Waals surface area contributed by atoms with E-state index in [0.717, 1.165) is 13.0 Å². The molecular weight excluding hydrogens is 276 g/mol. The van der Waals surface area contributed by atoms with Gasteiger partial charge in [0.05, 0.1) is 11.6 Å². The van der Waals surface area contributed by atoms with Crippen LogP contribution in [0.2, 0.25) is 0 Å². The van der Waals surface area contributed by atoms with Crippen molar-refractivity contribution in [3.8, 4) is 0 Å². The fraction of sp³-hybridized carbons (Fsp3) is 0.615. The highest BCUT2D eigenvalue weighted by molar-refractivity contribution is 7.07. The van der Waals surface area contributed by atoms with Crippen LogP contribution in [0.4, 0.5) is 0 Å². The Balaban J connectivity index is 1.68. The smallest absolute Gasteiger partial charge is 0.273 e. The monoisotopic (exact) mass is 294 g/mol. The Kier molecular flexibility index (Phi) is 3.47. The van der Waals surface area contributed by atoms with Gasteiger partial charge in [-0.3, -0.25) is 14.5 Å². The van der Waals surface area contributed by atoms with Crippen LogP contribution >= 0.6 is 11.3 Å². The number of rotatable bonds is 2. The van der Waals surface area contributed by atoms with Crippen LogP contribution in [0.25, 0.3) is 0 Å². The second-order valence-corrected chi connectivity index (χ2v) is 6.16. The van der Waals surface area contributed by atoms with Crippen molar-refractivity contribution >= 4 is 23.2 Å². The van der Waals surface area contributed by atoms with Crippen LogP contribution in [-0.2, 0) is 4.79 Å². The number of nitrogens with zero attached hydrogens (tertiary/aromatic N) is 3. The summed E-state index contributed by atoms with van der Waals surface area (Å²) in [6.07, 6.45) is 0.821. The maximum Gasteiger partial charge on any atom is 0.273 e. The van der Waals surface area contributed by atoms with Crippen LogP contribution in [-0.4, -0.2) is 65.9 Å². The Morgan fingerprint density at radius 1 is 1.45 bits per heavy atom. The van der Waals surface area contributed by atoms with Crippen molar-refractivity contribution in [3.63, 3.8) is 0 Å². The standard InChI is InChI=1S/C13H18N4O2S/c1-14-12(18)10-3-8-4-17(5-11(8)16(10)2)13(19)9-6-20-7-15-9/h6-8,10-11H,3-5H2,1-2H3,(H,14,18)/t8-,10-,11+/m0/s1. The summed E-state index contributed by atoms with van der Waals surface area (Å²) in [5.41, 5.74) is 2.21. The zero-order valence-electron chi connectivity index (χ0n) is 11.6. The molecule has 1 aromatic heterocycles. The van der Waals surface area contributed by atoms with E-state index in [1.54, 1.807) is 17.9 Å². The van der Waals surface area contributed by atoms with Crippen molar-refractivity contribution < 1.29 is 9.59 Å². The molecule has 0 aromatic carbocycles. The van der Waals surface area contributed by atoms with Gasteiger partial charge in [0.1, 0.15) is 5.69 Å². The number of hydrogen-bond acceptors (Lipinski definition) is 5. The first kappa shape index (κ1) is 13.5. The molecular formula is C13H18N4O2S. The molecule has 1 aromatic rings. The van der Waals surface area contributed by atoms with Gasteiger partial charge in [-0.2, -0.15) is 0 Å². The summed E-state index contributed by atoms with van der Waals surface area (Å²) in [7, 11) is 3.64. The molecule has 0 aliphatic carbocycles. The van der Waals surface area contributed by atoms with Crippen LogP contribution in [0.3, 0.4) is 0 Å². The summed E-state index contributed by atoms with van der Waals surface area (Å²) in [6, 6.07) is 0.214. The summed E-state index contributed by atoms with van der Waals surface area (Å²) in [5, 5.41) is 4.50. The SMILES string of the molecule is CNC(=O)[C@@H]1C[C@H]2CN(C(=O)c3cscn3)C[C@H]2N1C. The van der Waals surface area contributed by atoms with Crippen LogP contribution in [0.5, 0.6) is 0 Å². The number of fused-ring (bicyclic) bond motifs is 1. The molecule has 3 rings (SSSR count). The number of hydrogen-bond donors (Lipinski definition) is 1. The third kappa shape index (κ3) is 2.10. The lowest BCUT2D eigenvalue weighted by Crippen LogP contribution is -2.45. The average Bonchev–Trinajstić information content (AvgIpc) is 3.15. The first-order valence-electron chi connectivity index (χ1n) is 6.72. The molecule has 2 amide bonds. The molecule has 3 heterocycles. The quantitative estimate of drug-likeness (QED) is 0.836. The molecule has 108 valence electrons. The zero-order valence-corrected chi connectivity index (χ0v) is 12.4. The van der Waals surface area contributed by atoms with E-state index in [9.17, 15) is 9.59 Å². The van der Waals surface area contributed by atoms with Crippen molar-refractivity contribution in [3.05, 3.63) is 16.6 Å². The largest absolute Gasteiger partial charge is 0.358 e. The van der Waals surface area contributed by atoms with Gasteiger partial charge in [-0.05, 0) is 19.4 Å². The lowest BCUT2D eigenvalue weighted by Gasteiger charge is -2.25. The average molecular weight is 294 g/mol. The number of amides is 2. The minimum absolute atomic E-state index is 0.00513. The molecule has 2 saturated heterocycles. The van der Waals surface area contributed by atoms with Crippen molar-refractivity contribution in [1.29, 1.82) is 0 Å². The van der Waals surface area contributed by atoms with Gasteiger partial charge in [0.2, 0.25) is 5.91 Å². The molecule has 2 aliphatic rings. The Labute approximate surface area is 121 Å². The number of nitrogens with one attached hydrogen (secondary N) is 1. The summed E-state index contributed by atoms with van der Waals surface area (Å²) < 4.78 is 0. The second kappa shape index (κ2) is 5.14. The van der Waals surface area contributed by atoms with Gasteiger partial charge in [0, 0.05) is 31.6 Å². The first-order valence-corrected chi connectivity index (χ1v) is 7.67. The van der Waals surface area contributed by atoms with Crippen LogP contribution in [0, 0.1) is 5.92 Å². The Hall–Kier alpha value is -1.47. The fourth-order valence-corrected chi connectivity index (χ4v) is 3.86. The molecule has 0 spiro atoms. The number of carbonyl (C=O) groups is 2. The highest BCUT2D eigenvalue weighted by Crippen LogP contribution is 2.35. The van der Waals surface area contributed by atoms with E-state index in [1.807, 2.05) is 11.9 Å². The van der Waals surface area contributed by atoms with Gasteiger partial charge in [-0.25, -0.2) is 4.98 Å². The molecule has 0 radical (unpaired) electrons. The highest BCUT2D eigenvalue weighted by atomic mass is 32.1. The third-order valence-corrected chi connectivity index (χ3v) is 5.02. The van der Waals surface area contributed by atoms with Crippen LogP contribution in [0.15, 0.2) is 10.9 Å². The van der Waals surface area contributed by atoms with Crippen LogP contribution < -0.4 is 5.32 Å². The van der Waals surface area contributed by atoms with Gasteiger partial charge in [0.25, 0.3) is 5.91 Å². The number of carbonyl (C=O) groups excluding carboxylic acids is 2. The third-order valence-electron chi connectivity index (χ3n) is 4.43. The van der Waals surface area contributed by atoms with Crippen molar-refractivity contribution in [1.82, 2.24) is 20.1 Å². The first-order chi connectivity index (χ1) is 9.61. The molecule has 0 saturated carbocycles. The number of likely N-dealkylation sites (N-methyl/N-ethyl adjacent to an activating group) is 2. The van der Waals surface area contributed by atoms with Crippen LogP contribution in [0.1, 0.15) is 16.9 Å². The van der Waals surface area contributed by atoms with Crippen molar-refractivity contribution in [2.24, 2.45) is 5.92 Å². The lowest BCUT2D eigenvalue weighted by atomic mass is 10.0. The predicted molar refractivity (Wildman–Crippen MR) is 75.5 cm³/mol. The summed E-state index contributed by atoms with van der Waals surface area (Å²) in [6.45, 7) is 1.41. The number of likely N-dealkylation sites (tertiary alicyclic amines) is 2. The normalized spacial score (nSPS) is 29.5. The van der Waals surface area contributed by atoms with E-state index >= 15 is 0 Å². The molecule has 2 aliphatic heterocycles. The van der Waals surface area contributed by atoms with Crippen molar-refractivity contribution in [2.45, 2.75) is 18.5 Å². The lowest BCUT2D eigenvalue weighted by molar-refractivity contribution is -0.125. The number of thiazole rings is 1. The summed E-state index contributed by atoms with van der Waals surface area (Å²) in [4.78, 5) is 32.2. The summed E-state index contributed by atoms with van der Waals surface area (Å²) in [5.74, 6) is 0.453. The summed E-state index contributed by atoms with van der Waals surface area (Å²) >= 11 is 1.43. The highest BCUT2D eigenvalue weighted by Gasteiger charge is 2.48. The molecule has 7 heteroatoms. The van der Waals surface area contributed by atoms with Gasteiger partial charge >= 0.3 is 0 Å². The topological polar surface area (TPSA) is 65.5 Å². The van der Waals surface area contributed by atoms with Gasteiger partial charge < -0.3 is 10.2 Å². The van der Waals surface area contributed by atoms with Gasteiger partial charge in [-0.15, -0.1) is 11.3 Å². The molecule has 0 unspecified atom stereocenters. The molecule has 6 nitrogen and oxygen atoms in total. The molecule has 3 atom stereocenters. The van der Waals surface area contributed by atoms with E-state index in [2.05, 4.69) is 15.2 Å². The van der Waals surface area contributed by atoms with E-state index in [4.69, 9.17) is 0 Å². The molecule has 20 heavy (non-hydrogen) atoms. The number of aromatic nitrogens is 1. The fourth-order valence-electron chi connectivity index (χ4n) is 3.34. The Morgan fingerprint density at radius 3 is 2.85 bits per heavy atom. The molecule has 2 fully saturated rings. The van der Waals surface area contributed by atoms with Gasteiger partial charge in [-0.1, -0.05) is 0 Å². The predicted octanol–water partition coefficient (Wildman–Crippen LogP) is 0.0338. The Morgan fingerprint density at radius 2 is 2.25 bits per heavy atom. The second-order valence-electron chi connectivity index (χ2n) is 5.44. The van der Waals surface area contributed by atoms with E-state index in [-0.39, 0.29) is 23.9 Å². The minimum atomic E-state index is -0.0634.